The van der Waals surface area contributed by atoms with Crippen LogP contribution in [0.3, 0.4) is 0 Å². The molecular weight excluding hydrogens is 329 g/mol. The Morgan fingerprint density at radius 3 is 2.59 bits per heavy atom. The van der Waals surface area contributed by atoms with Gasteiger partial charge in [-0.2, -0.15) is 5.10 Å². The van der Waals surface area contributed by atoms with E-state index in [9.17, 15) is 9.59 Å². The van der Waals surface area contributed by atoms with Crippen LogP contribution in [0.5, 0.6) is 0 Å². The number of aromatic nitrogens is 2. The van der Waals surface area contributed by atoms with Crippen LogP contribution < -0.4 is 5.56 Å². The molecule has 2 aromatic rings. The van der Waals surface area contributed by atoms with Gasteiger partial charge in [0.25, 0.3) is 11.5 Å². The minimum absolute atomic E-state index is 0.0908. The molecule has 0 aliphatic heterocycles. The van der Waals surface area contributed by atoms with Crippen LogP contribution in [-0.4, -0.2) is 39.3 Å². The summed E-state index contributed by atoms with van der Waals surface area (Å²) in [7, 11) is 0. The summed E-state index contributed by atoms with van der Waals surface area (Å²) in [6.07, 6.45) is 0. The number of benzene rings is 1. The van der Waals surface area contributed by atoms with Crippen molar-refractivity contribution in [2.45, 2.75) is 6.54 Å². The molecule has 2 N–H and O–H groups in total. The standard InChI is InChI=1S/C14H13Cl2N3O3/c15-10-2-1-9(7-11(10)16)8-19(5-6-20)14(22)12-3-4-13(21)18-17-12/h1-4,7,20H,5-6,8H2,(H,18,21). The molecule has 1 aromatic carbocycles. The Labute approximate surface area is 136 Å². The first-order valence-electron chi connectivity index (χ1n) is 6.41. The van der Waals surface area contributed by atoms with Crippen molar-refractivity contribution in [3.05, 3.63) is 62.0 Å². The molecule has 22 heavy (non-hydrogen) atoms. The Bertz CT molecular complexity index is 713. The topological polar surface area (TPSA) is 86.3 Å². The lowest BCUT2D eigenvalue weighted by Crippen LogP contribution is -2.34. The van der Waals surface area contributed by atoms with Crippen molar-refractivity contribution < 1.29 is 9.90 Å². The van der Waals surface area contributed by atoms with E-state index < -0.39 is 11.5 Å². The second-order valence-electron chi connectivity index (χ2n) is 4.51. The molecule has 0 saturated heterocycles. The largest absolute Gasteiger partial charge is 0.395 e. The summed E-state index contributed by atoms with van der Waals surface area (Å²) in [6, 6.07) is 7.59. The zero-order valence-corrected chi connectivity index (χ0v) is 12.9. The van der Waals surface area contributed by atoms with E-state index in [1.54, 1.807) is 18.2 Å². The second-order valence-corrected chi connectivity index (χ2v) is 5.32. The number of hydrogen-bond donors (Lipinski definition) is 2. The molecule has 0 fully saturated rings. The Morgan fingerprint density at radius 1 is 1.23 bits per heavy atom. The highest BCUT2D eigenvalue weighted by atomic mass is 35.5. The summed E-state index contributed by atoms with van der Waals surface area (Å²) in [5.74, 6) is -0.406. The zero-order chi connectivity index (χ0) is 16.1. The lowest BCUT2D eigenvalue weighted by molar-refractivity contribution is 0.0700. The van der Waals surface area contributed by atoms with Crippen LogP contribution in [0.4, 0.5) is 0 Å². The molecule has 0 aliphatic carbocycles. The molecule has 116 valence electrons. The van der Waals surface area contributed by atoms with Crippen LogP contribution in [0.2, 0.25) is 10.0 Å². The van der Waals surface area contributed by atoms with Gasteiger partial charge < -0.3 is 10.0 Å². The highest BCUT2D eigenvalue weighted by Gasteiger charge is 2.17. The van der Waals surface area contributed by atoms with E-state index in [2.05, 4.69) is 10.2 Å². The van der Waals surface area contributed by atoms with E-state index in [4.69, 9.17) is 28.3 Å². The number of amides is 1. The van der Waals surface area contributed by atoms with Gasteiger partial charge in [0, 0.05) is 19.2 Å². The number of rotatable bonds is 5. The van der Waals surface area contributed by atoms with E-state index in [1.807, 2.05) is 0 Å². The molecule has 0 unspecified atom stereocenters. The van der Waals surface area contributed by atoms with Crippen LogP contribution in [0.15, 0.2) is 35.1 Å². The number of nitrogens with one attached hydrogen (secondary N) is 1. The Hall–Kier alpha value is -1.89. The molecule has 8 heteroatoms. The maximum atomic E-state index is 12.4. The summed E-state index contributed by atoms with van der Waals surface area (Å²) in [4.78, 5) is 24.8. The lowest BCUT2D eigenvalue weighted by Gasteiger charge is -2.21. The van der Waals surface area contributed by atoms with Crippen molar-refractivity contribution in [1.82, 2.24) is 15.1 Å². The van der Waals surface area contributed by atoms with E-state index >= 15 is 0 Å². The first-order valence-corrected chi connectivity index (χ1v) is 7.16. The van der Waals surface area contributed by atoms with Crippen molar-refractivity contribution in [3.8, 4) is 0 Å². The predicted octanol–water partition coefficient (Wildman–Crippen LogP) is 1.71. The maximum Gasteiger partial charge on any atom is 0.274 e. The fourth-order valence-corrected chi connectivity index (χ4v) is 2.18. The summed E-state index contributed by atoms with van der Waals surface area (Å²) in [6.45, 7) is 0.160. The van der Waals surface area contributed by atoms with Gasteiger partial charge in [-0.25, -0.2) is 5.10 Å². The normalized spacial score (nSPS) is 10.5. The fourth-order valence-electron chi connectivity index (χ4n) is 1.86. The molecule has 0 atom stereocenters. The average molecular weight is 342 g/mol. The molecule has 2 rings (SSSR count). The van der Waals surface area contributed by atoms with Gasteiger partial charge in [-0.15, -0.1) is 0 Å². The average Bonchev–Trinajstić information content (AvgIpc) is 2.50. The van der Waals surface area contributed by atoms with Crippen LogP contribution in [0.25, 0.3) is 0 Å². The summed E-state index contributed by atoms with van der Waals surface area (Å²) in [5.41, 5.74) is 0.462. The third-order valence-corrected chi connectivity index (χ3v) is 3.65. The second kappa shape index (κ2) is 7.40. The van der Waals surface area contributed by atoms with Crippen LogP contribution in [0, 0.1) is 0 Å². The molecule has 6 nitrogen and oxygen atoms in total. The molecule has 0 aliphatic rings. The van der Waals surface area contributed by atoms with E-state index in [0.29, 0.717) is 10.0 Å². The van der Waals surface area contributed by atoms with Gasteiger partial charge in [-0.05, 0) is 23.8 Å². The zero-order valence-electron chi connectivity index (χ0n) is 11.4. The molecule has 1 amide bonds. The van der Waals surface area contributed by atoms with Crippen molar-refractivity contribution in [3.63, 3.8) is 0 Å². The number of aliphatic hydroxyl groups excluding tert-OH is 1. The van der Waals surface area contributed by atoms with Crippen LogP contribution >= 0.6 is 23.2 Å². The third kappa shape index (κ3) is 4.07. The Morgan fingerprint density at radius 2 is 2.00 bits per heavy atom. The van der Waals surface area contributed by atoms with E-state index in [0.717, 1.165) is 5.56 Å². The Balaban J connectivity index is 2.21. The van der Waals surface area contributed by atoms with Crippen LogP contribution in [0.1, 0.15) is 16.1 Å². The number of hydrogen-bond acceptors (Lipinski definition) is 4. The van der Waals surface area contributed by atoms with Gasteiger partial charge in [0.15, 0.2) is 0 Å². The van der Waals surface area contributed by atoms with Gasteiger partial charge in [-0.3, -0.25) is 9.59 Å². The minimum Gasteiger partial charge on any atom is -0.395 e. The summed E-state index contributed by atoms with van der Waals surface area (Å²) in [5, 5.41) is 15.8. The van der Waals surface area contributed by atoms with Crippen molar-refractivity contribution in [1.29, 1.82) is 0 Å². The SMILES string of the molecule is O=C(c1ccc(=O)[nH]n1)N(CCO)Cc1ccc(Cl)c(Cl)c1. The van der Waals surface area contributed by atoms with Crippen molar-refractivity contribution in [2.75, 3.05) is 13.2 Å². The number of nitrogens with zero attached hydrogens (tertiary/aromatic N) is 2. The summed E-state index contributed by atoms with van der Waals surface area (Å²) >= 11 is 11.8. The highest BCUT2D eigenvalue weighted by Crippen LogP contribution is 2.23. The number of aliphatic hydroxyl groups is 1. The van der Waals surface area contributed by atoms with Gasteiger partial charge in [-0.1, -0.05) is 29.3 Å². The number of H-pyrrole nitrogens is 1. The molecule has 0 bridgehead atoms. The number of halogens is 2. The minimum atomic E-state index is -0.406. The summed E-state index contributed by atoms with van der Waals surface area (Å²) < 4.78 is 0. The monoisotopic (exact) mass is 341 g/mol. The Kier molecular flexibility index (Phi) is 5.54. The van der Waals surface area contributed by atoms with Gasteiger partial charge in [0.05, 0.1) is 16.7 Å². The quantitative estimate of drug-likeness (QED) is 0.866. The van der Waals surface area contributed by atoms with Gasteiger partial charge in [0.1, 0.15) is 5.69 Å². The predicted molar refractivity (Wildman–Crippen MR) is 83.1 cm³/mol. The number of aromatic amines is 1. The lowest BCUT2D eigenvalue weighted by atomic mass is 10.2. The third-order valence-electron chi connectivity index (χ3n) is 2.91. The molecular formula is C14H13Cl2N3O3. The smallest absolute Gasteiger partial charge is 0.274 e. The molecule has 1 aromatic heterocycles. The highest BCUT2D eigenvalue weighted by molar-refractivity contribution is 6.42. The first kappa shape index (κ1) is 16.5. The van der Waals surface area contributed by atoms with Gasteiger partial charge >= 0.3 is 0 Å². The van der Waals surface area contributed by atoms with Crippen molar-refractivity contribution in [2.24, 2.45) is 0 Å². The molecule has 0 radical (unpaired) electrons. The fraction of sp³-hybridized carbons (Fsp3) is 0.214. The van der Waals surface area contributed by atoms with Crippen LogP contribution in [-0.2, 0) is 6.54 Å². The molecule has 0 saturated carbocycles. The molecule has 0 spiro atoms. The maximum absolute atomic E-state index is 12.4. The van der Waals surface area contributed by atoms with Gasteiger partial charge in [0.2, 0.25) is 0 Å². The molecule has 1 heterocycles. The van der Waals surface area contributed by atoms with E-state index in [-0.39, 0.29) is 25.4 Å². The van der Waals surface area contributed by atoms with Crippen molar-refractivity contribution >= 4 is 29.1 Å². The number of carbonyl (C=O) groups excluding carboxylic acids is 1. The number of carbonyl (C=O) groups is 1. The van der Waals surface area contributed by atoms with E-state index in [1.165, 1.54) is 17.0 Å². The first-order chi connectivity index (χ1) is 10.5.